The molecule has 1 aliphatic rings. The van der Waals surface area contributed by atoms with E-state index >= 15 is 0 Å². The van der Waals surface area contributed by atoms with Crippen LogP contribution >= 0.6 is 0 Å². The lowest BCUT2D eigenvalue weighted by molar-refractivity contribution is 0.0940. The number of fused-ring (bicyclic) bond motifs is 2. The molecule has 0 saturated heterocycles. The van der Waals surface area contributed by atoms with Gasteiger partial charge in [-0.1, -0.05) is 18.2 Å². The first-order valence-corrected chi connectivity index (χ1v) is 7.49. The number of nitriles is 1. The van der Waals surface area contributed by atoms with E-state index in [9.17, 15) is 10.1 Å². The molecule has 112 valence electrons. The number of nitrogens with one attached hydrogen (secondary N) is 2. The molecule has 4 rings (SSSR count). The molecular weight excluding hydrogens is 286 g/mol. The highest BCUT2D eigenvalue weighted by molar-refractivity contribution is 6.02. The molecule has 0 bridgehead atoms. The Labute approximate surface area is 133 Å². The van der Waals surface area contributed by atoms with Crippen molar-refractivity contribution in [3.8, 4) is 17.2 Å². The molecule has 0 saturated carbocycles. The highest BCUT2D eigenvalue weighted by Crippen LogP contribution is 2.36. The number of carbonyl (C=O) groups excluding carboxylic acids is 1. The molecule has 3 aromatic rings. The van der Waals surface area contributed by atoms with E-state index in [1.807, 2.05) is 44.3 Å². The molecule has 0 radical (unpaired) electrons. The number of benzene rings is 2. The lowest BCUT2D eigenvalue weighted by atomic mass is 9.91. The van der Waals surface area contributed by atoms with Gasteiger partial charge in [0.1, 0.15) is 6.07 Å². The average molecular weight is 301 g/mol. The number of H-pyrrole nitrogens is 1. The number of aromatic amines is 1. The van der Waals surface area contributed by atoms with Crippen molar-refractivity contribution in [3.05, 3.63) is 59.3 Å². The Balaban J connectivity index is 1.94. The van der Waals surface area contributed by atoms with Crippen LogP contribution in [0.5, 0.6) is 0 Å². The van der Waals surface area contributed by atoms with Crippen LogP contribution in [-0.4, -0.2) is 10.9 Å². The third-order valence-electron chi connectivity index (χ3n) is 4.51. The van der Waals surface area contributed by atoms with Gasteiger partial charge in [-0.3, -0.25) is 4.79 Å². The minimum atomic E-state index is -0.369. The van der Waals surface area contributed by atoms with Gasteiger partial charge in [-0.2, -0.15) is 5.26 Å². The first-order valence-electron chi connectivity index (χ1n) is 7.49. The molecule has 2 heterocycles. The van der Waals surface area contributed by atoms with Crippen molar-refractivity contribution in [2.45, 2.75) is 19.4 Å². The molecule has 0 fully saturated rings. The Morgan fingerprint density at radius 2 is 1.96 bits per heavy atom. The minimum absolute atomic E-state index is 0.0257. The second-order valence-electron chi connectivity index (χ2n) is 6.38. The van der Waals surface area contributed by atoms with Crippen molar-refractivity contribution in [2.75, 3.05) is 0 Å². The second kappa shape index (κ2) is 4.47. The van der Waals surface area contributed by atoms with Gasteiger partial charge in [0.15, 0.2) is 0 Å². The molecule has 23 heavy (non-hydrogen) atoms. The van der Waals surface area contributed by atoms with Crippen molar-refractivity contribution in [1.29, 1.82) is 5.26 Å². The summed E-state index contributed by atoms with van der Waals surface area (Å²) >= 11 is 0. The van der Waals surface area contributed by atoms with E-state index in [0.717, 1.165) is 33.2 Å². The van der Waals surface area contributed by atoms with Crippen LogP contribution in [0, 0.1) is 11.3 Å². The number of aromatic nitrogens is 1. The standard InChI is InChI=1S/C19H15N3O/c1-19(2)16-8-11(6-7-14(16)18(23)22-19)15-10-21-17-12(9-20)4-3-5-13(15)17/h3-8,10,21H,1-2H3,(H,22,23). The second-order valence-corrected chi connectivity index (χ2v) is 6.38. The Morgan fingerprint density at radius 3 is 2.74 bits per heavy atom. The summed E-state index contributed by atoms with van der Waals surface area (Å²) in [6.45, 7) is 4.01. The van der Waals surface area contributed by atoms with Gasteiger partial charge in [-0.25, -0.2) is 0 Å². The van der Waals surface area contributed by atoms with Crippen molar-refractivity contribution < 1.29 is 4.79 Å². The summed E-state index contributed by atoms with van der Waals surface area (Å²) in [6.07, 6.45) is 1.92. The summed E-state index contributed by atoms with van der Waals surface area (Å²) in [5.74, 6) is -0.0257. The van der Waals surface area contributed by atoms with E-state index < -0.39 is 0 Å². The molecule has 1 aliphatic heterocycles. The molecule has 0 spiro atoms. The van der Waals surface area contributed by atoms with Crippen LogP contribution < -0.4 is 5.32 Å². The fourth-order valence-electron chi connectivity index (χ4n) is 3.33. The summed E-state index contributed by atoms with van der Waals surface area (Å²) in [6, 6.07) is 13.8. The fourth-order valence-corrected chi connectivity index (χ4v) is 3.33. The zero-order chi connectivity index (χ0) is 16.2. The number of hydrogen-bond donors (Lipinski definition) is 2. The zero-order valence-corrected chi connectivity index (χ0v) is 12.9. The largest absolute Gasteiger partial charge is 0.359 e. The first-order chi connectivity index (χ1) is 11.0. The van der Waals surface area contributed by atoms with E-state index in [4.69, 9.17) is 0 Å². The van der Waals surface area contributed by atoms with Crippen LogP contribution in [0.2, 0.25) is 0 Å². The van der Waals surface area contributed by atoms with Crippen molar-refractivity contribution in [2.24, 2.45) is 0 Å². The van der Waals surface area contributed by atoms with Gasteiger partial charge in [-0.05, 0) is 43.2 Å². The number of hydrogen-bond acceptors (Lipinski definition) is 2. The molecule has 4 heteroatoms. The number of amides is 1. The Bertz CT molecular complexity index is 1010. The van der Waals surface area contributed by atoms with E-state index in [-0.39, 0.29) is 11.4 Å². The minimum Gasteiger partial charge on any atom is -0.359 e. The number of nitrogens with zero attached hydrogens (tertiary/aromatic N) is 1. The Kier molecular flexibility index (Phi) is 2.64. The lowest BCUT2D eigenvalue weighted by Gasteiger charge is -2.19. The normalized spacial score (nSPS) is 15.3. The average Bonchev–Trinajstić information content (AvgIpc) is 3.06. The van der Waals surface area contributed by atoms with Crippen LogP contribution in [0.4, 0.5) is 0 Å². The van der Waals surface area contributed by atoms with Crippen LogP contribution in [0.3, 0.4) is 0 Å². The van der Waals surface area contributed by atoms with Gasteiger partial charge in [0, 0.05) is 22.7 Å². The molecule has 0 unspecified atom stereocenters. The molecule has 4 nitrogen and oxygen atoms in total. The van der Waals surface area contributed by atoms with Crippen molar-refractivity contribution in [1.82, 2.24) is 10.3 Å². The quantitative estimate of drug-likeness (QED) is 0.720. The maximum atomic E-state index is 12.0. The van der Waals surface area contributed by atoms with Crippen LogP contribution in [0.1, 0.15) is 35.3 Å². The first kappa shape index (κ1) is 13.6. The maximum absolute atomic E-state index is 12.0. The SMILES string of the molecule is CC1(C)NC(=O)c2ccc(-c3c[nH]c4c(C#N)cccc34)cc21. The number of carbonyl (C=O) groups is 1. The summed E-state index contributed by atoms with van der Waals surface area (Å²) in [5.41, 5.74) is 4.92. The topological polar surface area (TPSA) is 68.7 Å². The van der Waals surface area contributed by atoms with Gasteiger partial charge >= 0.3 is 0 Å². The smallest absolute Gasteiger partial charge is 0.252 e. The van der Waals surface area contributed by atoms with Gasteiger partial charge < -0.3 is 10.3 Å². The van der Waals surface area contributed by atoms with Crippen molar-refractivity contribution >= 4 is 16.8 Å². The molecule has 2 N–H and O–H groups in total. The molecular formula is C19H15N3O. The summed E-state index contributed by atoms with van der Waals surface area (Å²) in [7, 11) is 0. The highest BCUT2D eigenvalue weighted by atomic mass is 16.2. The van der Waals surface area contributed by atoms with Crippen LogP contribution in [0.15, 0.2) is 42.6 Å². The van der Waals surface area contributed by atoms with Gasteiger partial charge in [0.2, 0.25) is 0 Å². The molecule has 2 aromatic carbocycles. The third kappa shape index (κ3) is 1.87. The van der Waals surface area contributed by atoms with Crippen molar-refractivity contribution in [3.63, 3.8) is 0 Å². The Morgan fingerprint density at radius 1 is 1.13 bits per heavy atom. The van der Waals surface area contributed by atoms with Crippen LogP contribution in [0.25, 0.3) is 22.0 Å². The third-order valence-corrected chi connectivity index (χ3v) is 4.51. The predicted molar refractivity (Wildman–Crippen MR) is 88.9 cm³/mol. The summed E-state index contributed by atoms with van der Waals surface area (Å²) in [4.78, 5) is 15.2. The Hall–Kier alpha value is -3.06. The summed E-state index contributed by atoms with van der Waals surface area (Å²) in [5, 5.41) is 13.2. The monoisotopic (exact) mass is 301 g/mol. The van der Waals surface area contributed by atoms with Crippen LogP contribution in [-0.2, 0) is 5.54 Å². The van der Waals surface area contributed by atoms with E-state index in [1.165, 1.54) is 0 Å². The van der Waals surface area contributed by atoms with E-state index in [1.54, 1.807) is 6.07 Å². The van der Waals surface area contributed by atoms with Gasteiger partial charge in [-0.15, -0.1) is 0 Å². The van der Waals surface area contributed by atoms with E-state index in [0.29, 0.717) is 5.56 Å². The highest BCUT2D eigenvalue weighted by Gasteiger charge is 2.35. The predicted octanol–water partition coefficient (Wildman–Crippen LogP) is 3.69. The molecule has 0 atom stereocenters. The van der Waals surface area contributed by atoms with Gasteiger partial charge in [0.05, 0.1) is 16.6 Å². The van der Waals surface area contributed by atoms with E-state index in [2.05, 4.69) is 22.4 Å². The molecule has 1 aromatic heterocycles. The fraction of sp³-hybridized carbons (Fsp3) is 0.158. The molecule has 1 amide bonds. The number of rotatable bonds is 1. The van der Waals surface area contributed by atoms with Gasteiger partial charge in [0.25, 0.3) is 5.91 Å². The maximum Gasteiger partial charge on any atom is 0.252 e. The number of para-hydroxylation sites is 1. The molecule has 0 aliphatic carbocycles. The zero-order valence-electron chi connectivity index (χ0n) is 12.9. The summed E-state index contributed by atoms with van der Waals surface area (Å²) < 4.78 is 0. The lowest BCUT2D eigenvalue weighted by Crippen LogP contribution is -2.32.